The number of carbonyl (C=O) groups is 3. The molecule has 1 heterocycles. The highest BCUT2D eigenvalue weighted by molar-refractivity contribution is 5.90. The number of hydrogen-bond acceptors (Lipinski definition) is 6. The van der Waals surface area contributed by atoms with Crippen LogP contribution in [0.2, 0.25) is 0 Å². The van der Waals surface area contributed by atoms with Gasteiger partial charge in [-0.3, -0.25) is 9.59 Å². The highest BCUT2D eigenvalue weighted by Gasteiger charge is 2.38. The fourth-order valence-corrected chi connectivity index (χ4v) is 2.45. The molecule has 122 valence electrons. The lowest BCUT2D eigenvalue weighted by Gasteiger charge is -2.24. The van der Waals surface area contributed by atoms with E-state index in [9.17, 15) is 19.5 Å². The lowest BCUT2D eigenvalue weighted by molar-refractivity contribution is -0.146. The van der Waals surface area contributed by atoms with E-state index < -0.39 is 30.1 Å². The van der Waals surface area contributed by atoms with Gasteiger partial charge in [0.05, 0.1) is 19.3 Å². The fraction of sp³-hybridized carbons (Fsp3) is 0.714. The Labute approximate surface area is 129 Å². The summed E-state index contributed by atoms with van der Waals surface area (Å²) in [6, 6.07) is 0.306. The third kappa shape index (κ3) is 4.70. The van der Waals surface area contributed by atoms with Crippen molar-refractivity contribution in [3.05, 3.63) is 0 Å². The number of nitrogens with one attached hydrogen (secondary N) is 1. The van der Waals surface area contributed by atoms with Crippen molar-refractivity contribution in [2.45, 2.75) is 50.8 Å². The summed E-state index contributed by atoms with van der Waals surface area (Å²) < 4.78 is 4.64. The number of likely N-dealkylation sites (tertiary alicyclic amines) is 1. The van der Waals surface area contributed by atoms with E-state index in [0.29, 0.717) is 6.42 Å². The molecule has 0 aromatic rings. The second-order valence-corrected chi connectivity index (χ2v) is 5.21. The second kappa shape index (κ2) is 8.34. The molecule has 3 atom stereocenters. The standard InChI is InChI=1S/C14H21N3O5/c1-9(18)17-8-10(19)7-12(17)13(20)16-11(14(21)22-2)5-3-4-6-15/h10-12,19H,3-5,7-8H2,1-2H3,(H,16,20)/t10-,11+,12+/m1/s1. The third-order valence-corrected chi connectivity index (χ3v) is 3.57. The van der Waals surface area contributed by atoms with E-state index in [1.807, 2.05) is 6.07 Å². The Balaban J connectivity index is 2.71. The molecule has 22 heavy (non-hydrogen) atoms. The van der Waals surface area contributed by atoms with Gasteiger partial charge in [0, 0.05) is 26.3 Å². The summed E-state index contributed by atoms with van der Waals surface area (Å²) in [5.41, 5.74) is 0. The molecule has 1 aliphatic rings. The maximum atomic E-state index is 12.3. The van der Waals surface area contributed by atoms with Crippen LogP contribution in [0.5, 0.6) is 0 Å². The summed E-state index contributed by atoms with van der Waals surface area (Å²) in [4.78, 5) is 36.7. The Morgan fingerprint density at radius 3 is 2.73 bits per heavy atom. The van der Waals surface area contributed by atoms with Gasteiger partial charge in [0.25, 0.3) is 0 Å². The molecule has 1 saturated heterocycles. The maximum absolute atomic E-state index is 12.3. The van der Waals surface area contributed by atoms with Crippen LogP contribution < -0.4 is 5.32 Å². The summed E-state index contributed by atoms with van der Waals surface area (Å²) in [7, 11) is 1.22. The Morgan fingerprint density at radius 1 is 1.50 bits per heavy atom. The predicted octanol–water partition coefficient (Wildman–Crippen LogP) is -0.680. The number of β-amino-alcohol motifs (C(OH)–C–C–N with tert-alkyl or cyclic N) is 1. The number of rotatable bonds is 6. The molecule has 0 radical (unpaired) electrons. The van der Waals surface area contributed by atoms with E-state index in [-0.39, 0.29) is 31.7 Å². The minimum atomic E-state index is -0.864. The largest absolute Gasteiger partial charge is 0.467 e. The molecule has 1 fully saturated rings. The average Bonchev–Trinajstić information content (AvgIpc) is 2.88. The number of aliphatic hydroxyl groups is 1. The maximum Gasteiger partial charge on any atom is 0.328 e. The van der Waals surface area contributed by atoms with Crippen LogP contribution in [-0.2, 0) is 19.1 Å². The van der Waals surface area contributed by atoms with Crippen LogP contribution in [0.15, 0.2) is 0 Å². The number of aliphatic hydroxyl groups excluding tert-OH is 1. The van der Waals surface area contributed by atoms with Gasteiger partial charge in [-0.15, -0.1) is 0 Å². The molecule has 0 aromatic carbocycles. The van der Waals surface area contributed by atoms with Gasteiger partial charge in [-0.1, -0.05) is 0 Å². The minimum Gasteiger partial charge on any atom is -0.467 e. The van der Waals surface area contributed by atoms with Crippen molar-refractivity contribution < 1.29 is 24.2 Å². The molecule has 2 N–H and O–H groups in total. The molecule has 0 bridgehead atoms. The van der Waals surface area contributed by atoms with Crippen LogP contribution in [0.3, 0.4) is 0 Å². The molecular weight excluding hydrogens is 290 g/mol. The smallest absolute Gasteiger partial charge is 0.328 e. The average molecular weight is 311 g/mol. The van der Waals surface area contributed by atoms with Crippen LogP contribution in [-0.4, -0.2) is 59.6 Å². The summed E-state index contributed by atoms with van der Waals surface area (Å²) in [5, 5.41) is 20.7. The summed E-state index contributed by atoms with van der Waals surface area (Å²) in [6.45, 7) is 1.42. The number of ether oxygens (including phenoxy) is 1. The van der Waals surface area contributed by atoms with Gasteiger partial charge in [-0.25, -0.2) is 4.79 Å². The topological polar surface area (TPSA) is 120 Å². The van der Waals surface area contributed by atoms with Crippen molar-refractivity contribution in [2.75, 3.05) is 13.7 Å². The van der Waals surface area contributed by atoms with Crippen LogP contribution in [0.1, 0.15) is 32.6 Å². The van der Waals surface area contributed by atoms with Crippen molar-refractivity contribution in [2.24, 2.45) is 0 Å². The SMILES string of the molecule is COC(=O)[C@H](CCCC#N)NC(=O)[C@@H]1C[C@@H](O)CN1C(C)=O. The molecule has 0 aliphatic carbocycles. The molecular formula is C14H21N3O5. The van der Waals surface area contributed by atoms with Gasteiger partial charge in [-0.05, 0) is 12.8 Å². The highest BCUT2D eigenvalue weighted by Crippen LogP contribution is 2.18. The third-order valence-electron chi connectivity index (χ3n) is 3.57. The van der Waals surface area contributed by atoms with Crippen molar-refractivity contribution in [3.63, 3.8) is 0 Å². The minimum absolute atomic E-state index is 0.102. The van der Waals surface area contributed by atoms with Gasteiger partial charge in [0.2, 0.25) is 11.8 Å². The number of carbonyl (C=O) groups excluding carboxylic acids is 3. The number of esters is 1. The van der Waals surface area contributed by atoms with Gasteiger partial charge < -0.3 is 20.1 Å². The van der Waals surface area contributed by atoms with E-state index in [2.05, 4.69) is 10.1 Å². The van der Waals surface area contributed by atoms with Gasteiger partial charge in [0.15, 0.2) is 0 Å². The van der Waals surface area contributed by atoms with E-state index in [4.69, 9.17) is 5.26 Å². The first-order valence-electron chi connectivity index (χ1n) is 7.11. The quantitative estimate of drug-likeness (QED) is 0.495. The second-order valence-electron chi connectivity index (χ2n) is 5.21. The first kappa shape index (κ1) is 17.9. The van der Waals surface area contributed by atoms with E-state index in [0.717, 1.165) is 0 Å². The lowest BCUT2D eigenvalue weighted by atomic mass is 10.1. The lowest BCUT2D eigenvalue weighted by Crippen LogP contribution is -2.50. The van der Waals surface area contributed by atoms with E-state index >= 15 is 0 Å². The van der Waals surface area contributed by atoms with Crippen LogP contribution in [0.4, 0.5) is 0 Å². The van der Waals surface area contributed by atoms with Crippen molar-refractivity contribution in [3.8, 4) is 6.07 Å². The van der Waals surface area contributed by atoms with Gasteiger partial charge in [-0.2, -0.15) is 5.26 Å². The molecule has 0 aromatic heterocycles. The van der Waals surface area contributed by atoms with Crippen molar-refractivity contribution in [1.29, 1.82) is 5.26 Å². The Hall–Kier alpha value is -2.14. The Bertz CT molecular complexity index is 474. The number of methoxy groups -OCH3 is 1. The first-order valence-corrected chi connectivity index (χ1v) is 7.11. The molecule has 8 nitrogen and oxygen atoms in total. The van der Waals surface area contributed by atoms with Crippen LogP contribution in [0.25, 0.3) is 0 Å². The van der Waals surface area contributed by atoms with Crippen LogP contribution >= 0.6 is 0 Å². The number of nitrogens with zero attached hydrogens (tertiary/aromatic N) is 2. The monoisotopic (exact) mass is 311 g/mol. The van der Waals surface area contributed by atoms with Crippen molar-refractivity contribution in [1.82, 2.24) is 10.2 Å². The zero-order chi connectivity index (χ0) is 16.7. The van der Waals surface area contributed by atoms with E-state index in [1.54, 1.807) is 0 Å². The molecule has 8 heteroatoms. The Morgan fingerprint density at radius 2 is 2.18 bits per heavy atom. The predicted molar refractivity (Wildman–Crippen MR) is 75.2 cm³/mol. The highest BCUT2D eigenvalue weighted by atomic mass is 16.5. The Kier molecular flexibility index (Phi) is 6.79. The number of nitriles is 1. The van der Waals surface area contributed by atoms with Crippen molar-refractivity contribution >= 4 is 17.8 Å². The van der Waals surface area contributed by atoms with Gasteiger partial charge >= 0.3 is 5.97 Å². The number of amides is 2. The molecule has 2 amide bonds. The summed E-state index contributed by atoms with van der Waals surface area (Å²) in [6.07, 6.45) is 0.374. The molecule has 0 spiro atoms. The summed E-state index contributed by atoms with van der Waals surface area (Å²) >= 11 is 0. The first-order chi connectivity index (χ1) is 10.4. The van der Waals surface area contributed by atoms with E-state index in [1.165, 1.54) is 18.9 Å². The summed E-state index contributed by atoms with van der Waals surface area (Å²) in [5.74, 6) is -1.41. The zero-order valence-corrected chi connectivity index (χ0v) is 12.7. The molecule has 1 rings (SSSR count). The molecule has 1 aliphatic heterocycles. The molecule has 0 saturated carbocycles. The fourth-order valence-electron chi connectivity index (χ4n) is 2.45. The normalized spacial score (nSPS) is 21.8. The van der Waals surface area contributed by atoms with Gasteiger partial charge in [0.1, 0.15) is 12.1 Å². The molecule has 0 unspecified atom stereocenters. The van der Waals surface area contributed by atoms with Crippen LogP contribution in [0, 0.1) is 11.3 Å². The number of unbranched alkanes of at least 4 members (excludes halogenated alkanes) is 1. The number of hydrogen-bond donors (Lipinski definition) is 2. The zero-order valence-electron chi connectivity index (χ0n) is 12.7.